The van der Waals surface area contributed by atoms with Crippen LogP contribution in [-0.4, -0.2) is 18.5 Å². The largest absolute Gasteiger partial charge is 0.354 e. The van der Waals surface area contributed by atoms with Gasteiger partial charge in [0.2, 0.25) is 5.91 Å². The Morgan fingerprint density at radius 1 is 1.53 bits per heavy atom. The summed E-state index contributed by atoms with van der Waals surface area (Å²) in [5.41, 5.74) is 7.79. The Morgan fingerprint density at radius 3 is 2.82 bits per heavy atom. The highest BCUT2D eigenvalue weighted by molar-refractivity contribution is 6.31. The molecule has 1 aromatic carbocycles. The number of hydrogen-bond donors (Lipinski definition) is 2. The molecule has 0 aliphatic carbocycles. The third kappa shape index (κ3) is 4.36. The molecule has 1 unspecified atom stereocenters. The molecule has 3 N–H and O–H groups in total. The van der Waals surface area contributed by atoms with E-state index >= 15 is 0 Å². The molecule has 0 aliphatic heterocycles. The Kier molecular flexibility index (Phi) is 5.45. The molecule has 0 spiro atoms. The summed E-state index contributed by atoms with van der Waals surface area (Å²) in [6.45, 7) is 4.45. The van der Waals surface area contributed by atoms with Gasteiger partial charge < -0.3 is 11.1 Å². The van der Waals surface area contributed by atoms with Gasteiger partial charge in [-0.05, 0) is 37.0 Å². The zero-order chi connectivity index (χ0) is 12.8. The van der Waals surface area contributed by atoms with E-state index in [1.54, 1.807) is 0 Å². The Morgan fingerprint density at radius 2 is 2.24 bits per heavy atom. The number of carbonyl (C=O) groups is 1. The molecule has 94 valence electrons. The van der Waals surface area contributed by atoms with Crippen molar-refractivity contribution in [2.75, 3.05) is 6.54 Å². The van der Waals surface area contributed by atoms with Crippen molar-refractivity contribution in [3.8, 4) is 0 Å². The molecule has 0 radical (unpaired) electrons. The van der Waals surface area contributed by atoms with E-state index in [2.05, 4.69) is 5.32 Å². The third-order valence-corrected chi connectivity index (χ3v) is 3.03. The van der Waals surface area contributed by atoms with E-state index in [-0.39, 0.29) is 5.91 Å². The van der Waals surface area contributed by atoms with Crippen molar-refractivity contribution in [1.82, 2.24) is 5.32 Å². The monoisotopic (exact) mass is 254 g/mol. The number of rotatable bonds is 5. The number of halogens is 1. The first-order valence-electron chi connectivity index (χ1n) is 5.83. The molecule has 0 bridgehead atoms. The molecule has 0 saturated heterocycles. The van der Waals surface area contributed by atoms with Crippen molar-refractivity contribution >= 4 is 17.5 Å². The van der Waals surface area contributed by atoms with E-state index in [4.69, 9.17) is 17.3 Å². The van der Waals surface area contributed by atoms with Gasteiger partial charge in [-0.2, -0.15) is 0 Å². The highest BCUT2D eigenvalue weighted by Crippen LogP contribution is 2.17. The number of amides is 1. The van der Waals surface area contributed by atoms with Crippen LogP contribution in [0.5, 0.6) is 0 Å². The first kappa shape index (κ1) is 14.0. The topological polar surface area (TPSA) is 55.1 Å². The second-order valence-corrected chi connectivity index (χ2v) is 4.56. The quantitative estimate of drug-likeness (QED) is 0.845. The van der Waals surface area contributed by atoms with Gasteiger partial charge >= 0.3 is 0 Å². The van der Waals surface area contributed by atoms with Crippen molar-refractivity contribution in [3.05, 3.63) is 34.3 Å². The van der Waals surface area contributed by atoms with Crippen molar-refractivity contribution in [3.63, 3.8) is 0 Å². The van der Waals surface area contributed by atoms with Crippen molar-refractivity contribution in [2.45, 2.75) is 32.7 Å². The molecule has 0 fully saturated rings. The van der Waals surface area contributed by atoms with Gasteiger partial charge in [0, 0.05) is 11.6 Å². The van der Waals surface area contributed by atoms with E-state index in [1.165, 1.54) is 0 Å². The maximum Gasteiger partial charge on any atom is 0.236 e. The van der Waals surface area contributed by atoms with Crippen LogP contribution >= 0.6 is 11.6 Å². The molecule has 0 heterocycles. The van der Waals surface area contributed by atoms with Crippen molar-refractivity contribution < 1.29 is 4.79 Å². The Hall–Kier alpha value is -1.06. The van der Waals surface area contributed by atoms with Crippen molar-refractivity contribution in [2.24, 2.45) is 5.73 Å². The van der Waals surface area contributed by atoms with Crippen LogP contribution in [0.4, 0.5) is 0 Å². The zero-order valence-electron chi connectivity index (χ0n) is 10.3. The van der Waals surface area contributed by atoms with E-state index in [0.717, 1.165) is 22.6 Å². The summed E-state index contributed by atoms with van der Waals surface area (Å²) >= 11 is 6.10. The molecule has 1 atom stereocenters. The molecule has 0 aromatic heterocycles. The fourth-order valence-corrected chi connectivity index (χ4v) is 1.82. The first-order valence-corrected chi connectivity index (χ1v) is 6.20. The molecule has 0 aliphatic rings. The average Bonchev–Trinajstić information content (AvgIpc) is 2.30. The molecule has 1 aromatic rings. The molecule has 17 heavy (non-hydrogen) atoms. The van der Waals surface area contributed by atoms with Crippen LogP contribution < -0.4 is 11.1 Å². The number of nitrogens with one attached hydrogen (secondary N) is 1. The van der Waals surface area contributed by atoms with E-state index < -0.39 is 6.04 Å². The SMILES string of the molecule is CCC(N)C(=O)NCCc1ccc(C)cc1Cl. The molecule has 4 heteroatoms. The van der Waals surface area contributed by atoms with Gasteiger partial charge in [0.05, 0.1) is 6.04 Å². The Labute approximate surface area is 107 Å². The minimum absolute atomic E-state index is 0.101. The second-order valence-electron chi connectivity index (χ2n) is 4.15. The lowest BCUT2D eigenvalue weighted by molar-refractivity contribution is -0.122. The van der Waals surface area contributed by atoms with Gasteiger partial charge in [0.15, 0.2) is 0 Å². The van der Waals surface area contributed by atoms with Gasteiger partial charge in [0.1, 0.15) is 0 Å². The lowest BCUT2D eigenvalue weighted by Crippen LogP contribution is -2.40. The van der Waals surface area contributed by atoms with E-state index in [1.807, 2.05) is 32.0 Å². The summed E-state index contributed by atoms with van der Waals surface area (Å²) in [5.74, 6) is -0.101. The van der Waals surface area contributed by atoms with Crippen LogP contribution in [0, 0.1) is 6.92 Å². The maximum atomic E-state index is 11.4. The lowest BCUT2D eigenvalue weighted by atomic mass is 10.1. The predicted octanol–water partition coefficient (Wildman–Crippen LogP) is 2.04. The Bertz CT molecular complexity index is 393. The average molecular weight is 255 g/mol. The fraction of sp³-hybridized carbons (Fsp3) is 0.462. The maximum absolute atomic E-state index is 11.4. The molecule has 1 amide bonds. The Balaban J connectivity index is 2.43. The van der Waals surface area contributed by atoms with Crippen LogP contribution in [0.25, 0.3) is 0 Å². The van der Waals surface area contributed by atoms with Gasteiger partial charge in [0.25, 0.3) is 0 Å². The van der Waals surface area contributed by atoms with Crippen LogP contribution in [0.15, 0.2) is 18.2 Å². The lowest BCUT2D eigenvalue weighted by Gasteiger charge is -2.10. The van der Waals surface area contributed by atoms with E-state index in [0.29, 0.717) is 13.0 Å². The summed E-state index contributed by atoms with van der Waals surface area (Å²) in [6, 6.07) is 5.52. The third-order valence-electron chi connectivity index (χ3n) is 2.68. The van der Waals surface area contributed by atoms with Crippen LogP contribution in [0.2, 0.25) is 5.02 Å². The van der Waals surface area contributed by atoms with Crippen LogP contribution in [-0.2, 0) is 11.2 Å². The van der Waals surface area contributed by atoms with Gasteiger partial charge in [-0.25, -0.2) is 0 Å². The fourth-order valence-electron chi connectivity index (χ4n) is 1.49. The number of nitrogens with two attached hydrogens (primary N) is 1. The summed E-state index contributed by atoms with van der Waals surface area (Å²) < 4.78 is 0. The summed E-state index contributed by atoms with van der Waals surface area (Å²) in [6.07, 6.45) is 1.37. The van der Waals surface area contributed by atoms with Crippen LogP contribution in [0.3, 0.4) is 0 Å². The smallest absolute Gasteiger partial charge is 0.236 e. The highest BCUT2D eigenvalue weighted by Gasteiger charge is 2.09. The minimum atomic E-state index is -0.413. The van der Waals surface area contributed by atoms with Crippen LogP contribution in [0.1, 0.15) is 24.5 Å². The summed E-state index contributed by atoms with van der Waals surface area (Å²) in [5, 5.41) is 3.55. The number of carbonyl (C=O) groups excluding carboxylic acids is 1. The molecule has 3 nitrogen and oxygen atoms in total. The number of aryl methyl sites for hydroxylation is 1. The molecular formula is C13H19ClN2O. The number of hydrogen-bond acceptors (Lipinski definition) is 2. The summed E-state index contributed by atoms with van der Waals surface area (Å²) in [4.78, 5) is 11.4. The molecular weight excluding hydrogens is 236 g/mol. The first-order chi connectivity index (χ1) is 8.04. The molecule has 1 rings (SSSR count). The predicted molar refractivity (Wildman–Crippen MR) is 71.2 cm³/mol. The van der Waals surface area contributed by atoms with Gasteiger partial charge in [-0.3, -0.25) is 4.79 Å². The normalized spacial score (nSPS) is 12.2. The number of benzene rings is 1. The van der Waals surface area contributed by atoms with E-state index in [9.17, 15) is 4.79 Å². The van der Waals surface area contributed by atoms with Gasteiger partial charge in [-0.15, -0.1) is 0 Å². The van der Waals surface area contributed by atoms with Gasteiger partial charge in [-0.1, -0.05) is 30.7 Å². The van der Waals surface area contributed by atoms with Crippen molar-refractivity contribution in [1.29, 1.82) is 0 Å². The zero-order valence-corrected chi connectivity index (χ0v) is 11.1. The second kappa shape index (κ2) is 6.62. The molecule has 0 saturated carbocycles. The highest BCUT2D eigenvalue weighted by atomic mass is 35.5. The standard InChI is InChI=1S/C13H19ClN2O/c1-3-12(15)13(17)16-7-6-10-5-4-9(2)8-11(10)14/h4-5,8,12H,3,6-7,15H2,1-2H3,(H,16,17). The minimum Gasteiger partial charge on any atom is -0.354 e. The summed E-state index contributed by atoms with van der Waals surface area (Å²) in [7, 11) is 0.